The number of aromatic nitrogens is 1. The van der Waals surface area contributed by atoms with E-state index in [0.29, 0.717) is 15.3 Å². The monoisotopic (exact) mass is 220 g/mol. The maximum absolute atomic E-state index is 5.75. The molecule has 1 aromatic rings. The highest BCUT2D eigenvalue weighted by molar-refractivity contribution is 9.10. The van der Waals surface area contributed by atoms with E-state index in [1.807, 2.05) is 6.92 Å². The van der Waals surface area contributed by atoms with Gasteiger partial charge < -0.3 is 5.73 Å². The molecule has 0 unspecified atom stereocenters. The highest BCUT2D eigenvalue weighted by Crippen LogP contribution is 2.27. The summed E-state index contributed by atoms with van der Waals surface area (Å²) in [7, 11) is 0. The highest BCUT2D eigenvalue weighted by atomic mass is 79.9. The van der Waals surface area contributed by atoms with E-state index in [0.717, 1.165) is 5.56 Å². The van der Waals surface area contributed by atoms with Gasteiger partial charge in [0, 0.05) is 6.20 Å². The van der Waals surface area contributed by atoms with Crippen molar-refractivity contribution < 1.29 is 0 Å². The molecule has 0 atom stereocenters. The standard InChI is InChI=1S/C6H6BrClN2/c1-3-2-10-6(7)4(8)5(3)9/h2H,1H3,(H2,9,10). The van der Waals surface area contributed by atoms with Gasteiger partial charge in [-0.2, -0.15) is 0 Å². The third-order valence-corrected chi connectivity index (χ3v) is 2.43. The van der Waals surface area contributed by atoms with Gasteiger partial charge in [0.25, 0.3) is 0 Å². The third kappa shape index (κ3) is 1.25. The number of hydrogen-bond acceptors (Lipinski definition) is 2. The molecular formula is C6H6BrClN2. The molecule has 0 aliphatic heterocycles. The first-order valence-electron chi connectivity index (χ1n) is 2.69. The van der Waals surface area contributed by atoms with Crippen LogP contribution in [0.5, 0.6) is 0 Å². The van der Waals surface area contributed by atoms with Crippen molar-refractivity contribution in [2.24, 2.45) is 0 Å². The number of pyridine rings is 1. The zero-order valence-electron chi connectivity index (χ0n) is 5.36. The molecular weight excluding hydrogens is 215 g/mol. The van der Waals surface area contributed by atoms with Crippen LogP contribution < -0.4 is 5.73 Å². The summed E-state index contributed by atoms with van der Waals surface area (Å²) in [6.45, 7) is 1.86. The number of anilines is 1. The predicted molar refractivity (Wildman–Crippen MR) is 46.1 cm³/mol. The van der Waals surface area contributed by atoms with Gasteiger partial charge in [-0.1, -0.05) is 11.6 Å². The number of rotatable bonds is 0. The molecule has 10 heavy (non-hydrogen) atoms. The fourth-order valence-corrected chi connectivity index (χ4v) is 1.08. The van der Waals surface area contributed by atoms with Crippen LogP contribution in [-0.2, 0) is 0 Å². The van der Waals surface area contributed by atoms with Crippen LogP contribution in [0, 0.1) is 6.92 Å². The Bertz CT molecular complexity index is 235. The van der Waals surface area contributed by atoms with Gasteiger partial charge >= 0.3 is 0 Å². The average Bonchev–Trinajstić information content (AvgIpc) is 1.93. The van der Waals surface area contributed by atoms with Gasteiger partial charge in [-0.05, 0) is 28.4 Å². The number of halogens is 2. The number of nitrogens with zero attached hydrogens (tertiary/aromatic N) is 1. The lowest BCUT2D eigenvalue weighted by Gasteiger charge is -2.01. The molecule has 0 saturated heterocycles. The van der Waals surface area contributed by atoms with Crippen molar-refractivity contribution in [3.8, 4) is 0 Å². The molecule has 0 spiro atoms. The lowest BCUT2D eigenvalue weighted by molar-refractivity contribution is 1.23. The topological polar surface area (TPSA) is 38.9 Å². The molecule has 1 rings (SSSR count). The van der Waals surface area contributed by atoms with E-state index < -0.39 is 0 Å². The summed E-state index contributed by atoms with van der Waals surface area (Å²) in [5, 5.41) is 0.486. The van der Waals surface area contributed by atoms with Crippen molar-refractivity contribution in [2.75, 3.05) is 5.73 Å². The molecule has 54 valence electrons. The molecule has 0 radical (unpaired) electrons. The quantitative estimate of drug-likeness (QED) is 0.683. The van der Waals surface area contributed by atoms with Gasteiger partial charge in [0.1, 0.15) is 4.60 Å². The Labute approximate surface area is 72.5 Å². The highest BCUT2D eigenvalue weighted by Gasteiger charge is 2.03. The van der Waals surface area contributed by atoms with Crippen molar-refractivity contribution >= 4 is 33.2 Å². The van der Waals surface area contributed by atoms with Crippen molar-refractivity contribution in [2.45, 2.75) is 6.92 Å². The first-order valence-corrected chi connectivity index (χ1v) is 3.86. The first-order chi connectivity index (χ1) is 4.63. The van der Waals surface area contributed by atoms with E-state index >= 15 is 0 Å². The Hall–Kier alpha value is -0.280. The smallest absolute Gasteiger partial charge is 0.126 e. The summed E-state index contributed by atoms with van der Waals surface area (Å²) in [5.41, 5.74) is 7.06. The number of nitrogens with two attached hydrogens (primary N) is 1. The summed E-state index contributed by atoms with van der Waals surface area (Å²) >= 11 is 8.91. The van der Waals surface area contributed by atoms with Gasteiger partial charge in [-0.3, -0.25) is 0 Å². The molecule has 0 aliphatic carbocycles. The fourth-order valence-electron chi connectivity index (χ4n) is 0.564. The van der Waals surface area contributed by atoms with E-state index in [-0.39, 0.29) is 0 Å². The van der Waals surface area contributed by atoms with Crippen LogP contribution in [0.3, 0.4) is 0 Å². The van der Waals surface area contributed by atoms with Gasteiger partial charge in [0.15, 0.2) is 0 Å². The number of nitrogen functional groups attached to an aromatic ring is 1. The van der Waals surface area contributed by atoms with Crippen LogP contribution >= 0.6 is 27.5 Å². The van der Waals surface area contributed by atoms with Crippen LogP contribution in [0.1, 0.15) is 5.56 Å². The van der Waals surface area contributed by atoms with Crippen LogP contribution in [0.25, 0.3) is 0 Å². The van der Waals surface area contributed by atoms with Crippen molar-refractivity contribution in [1.29, 1.82) is 0 Å². The second-order valence-corrected chi connectivity index (χ2v) is 3.09. The Morgan fingerprint density at radius 3 is 2.80 bits per heavy atom. The summed E-state index contributed by atoms with van der Waals surface area (Å²) in [6.07, 6.45) is 1.67. The normalized spacial score (nSPS) is 9.90. The average molecular weight is 221 g/mol. The number of hydrogen-bond donors (Lipinski definition) is 1. The Morgan fingerprint density at radius 2 is 2.30 bits per heavy atom. The molecule has 4 heteroatoms. The molecule has 0 fully saturated rings. The largest absolute Gasteiger partial charge is 0.397 e. The fraction of sp³-hybridized carbons (Fsp3) is 0.167. The van der Waals surface area contributed by atoms with E-state index in [2.05, 4.69) is 20.9 Å². The maximum Gasteiger partial charge on any atom is 0.126 e. The summed E-state index contributed by atoms with van der Waals surface area (Å²) in [4.78, 5) is 3.94. The van der Waals surface area contributed by atoms with Crippen LogP contribution in [0.4, 0.5) is 5.69 Å². The zero-order chi connectivity index (χ0) is 7.72. The Balaban J connectivity index is 3.34. The molecule has 1 heterocycles. The SMILES string of the molecule is Cc1cnc(Br)c(Cl)c1N. The van der Waals surface area contributed by atoms with Crippen molar-refractivity contribution in [3.05, 3.63) is 21.4 Å². The second kappa shape index (κ2) is 2.76. The van der Waals surface area contributed by atoms with Crippen LogP contribution in [0.15, 0.2) is 10.8 Å². The zero-order valence-corrected chi connectivity index (χ0v) is 7.70. The van der Waals surface area contributed by atoms with Gasteiger partial charge in [-0.25, -0.2) is 4.98 Å². The molecule has 2 N–H and O–H groups in total. The molecule has 0 bridgehead atoms. The minimum Gasteiger partial charge on any atom is -0.397 e. The van der Waals surface area contributed by atoms with Gasteiger partial charge in [0.05, 0.1) is 10.7 Å². The molecule has 1 aromatic heterocycles. The van der Waals surface area contributed by atoms with Gasteiger partial charge in [0.2, 0.25) is 0 Å². The molecule has 0 aliphatic rings. The van der Waals surface area contributed by atoms with E-state index in [4.69, 9.17) is 17.3 Å². The molecule has 0 aromatic carbocycles. The van der Waals surface area contributed by atoms with E-state index in [1.54, 1.807) is 6.20 Å². The maximum atomic E-state index is 5.75. The predicted octanol–water partition coefficient (Wildman–Crippen LogP) is 2.39. The van der Waals surface area contributed by atoms with Crippen LogP contribution in [-0.4, -0.2) is 4.98 Å². The Kier molecular flexibility index (Phi) is 2.16. The third-order valence-electron chi connectivity index (χ3n) is 1.21. The minimum atomic E-state index is 0.486. The molecule has 2 nitrogen and oxygen atoms in total. The van der Waals surface area contributed by atoms with Crippen molar-refractivity contribution in [3.63, 3.8) is 0 Å². The number of aryl methyl sites for hydroxylation is 1. The summed E-state index contributed by atoms with van der Waals surface area (Å²) in [5.74, 6) is 0. The lowest BCUT2D eigenvalue weighted by atomic mass is 10.3. The van der Waals surface area contributed by atoms with E-state index in [9.17, 15) is 0 Å². The Morgan fingerprint density at radius 1 is 1.70 bits per heavy atom. The first kappa shape index (κ1) is 7.82. The summed E-state index contributed by atoms with van der Waals surface area (Å²) < 4.78 is 0.595. The lowest BCUT2D eigenvalue weighted by Crippen LogP contribution is -1.92. The van der Waals surface area contributed by atoms with Gasteiger partial charge in [-0.15, -0.1) is 0 Å². The molecule has 0 amide bonds. The van der Waals surface area contributed by atoms with Crippen LogP contribution in [0.2, 0.25) is 5.02 Å². The summed E-state index contributed by atoms with van der Waals surface area (Å²) in [6, 6.07) is 0. The molecule has 0 saturated carbocycles. The minimum absolute atomic E-state index is 0.486. The second-order valence-electron chi connectivity index (χ2n) is 1.96. The van der Waals surface area contributed by atoms with Crippen molar-refractivity contribution in [1.82, 2.24) is 4.98 Å². The van der Waals surface area contributed by atoms with E-state index in [1.165, 1.54) is 0 Å².